The van der Waals surface area contributed by atoms with Crippen LogP contribution in [-0.4, -0.2) is 89.2 Å². The Morgan fingerprint density at radius 2 is 1.67 bits per heavy atom. The molecule has 206 valence electrons. The summed E-state index contributed by atoms with van der Waals surface area (Å²) < 4.78 is 6.42. The summed E-state index contributed by atoms with van der Waals surface area (Å²) in [5.74, 6) is -0.427. The third-order valence-corrected chi connectivity index (χ3v) is 11.8. The van der Waals surface area contributed by atoms with Crippen LogP contribution in [0.15, 0.2) is 11.6 Å². The van der Waals surface area contributed by atoms with Crippen molar-refractivity contribution in [1.82, 2.24) is 0 Å². The third kappa shape index (κ3) is 3.28. The number of hydrogen-bond acceptors (Lipinski definition) is 8. The molecule has 7 N–H and O–H groups in total. The van der Waals surface area contributed by atoms with E-state index in [1.807, 2.05) is 13.0 Å². The van der Waals surface area contributed by atoms with Gasteiger partial charge in [0.05, 0.1) is 42.0 Å². The molecule has 4 fully saturated rings. The summed E-state index contributed by atoms with van der Waals surface area (Å²) in [5.41, 5.74) is -5.72. The van der Waals surface area contributed by atoms with E-state index in [0.29, 0.717) is 19.3 Å². The highest BCUT2D eigenvalue weighted by Crippen LogP contribution is 2.70. The minimum Gasteiger partial charge on any atom is -0.392 e. The van der Waals surface area contributed by atoms with Gasteiger partial charge in [-0.3, -0.25) is 0 Å². The first-order chi connectivity index (χ1) is 16.6. The monoisotopic (exact) mass is 510 g/mol. The number of rotatable bonds is 3. The molecule has 0 aromatic heterocycles. The smallest absolute Gasteiger partial charge is 0.105 e. The molecule has 0 amide bonds. The Morgan fingerprint density at radius 1 is 0.972 bits per heavy atom. The van der Waals surface area contributed by atoms with Crippen molar-refractivity contribution in [1.29, 1.82) is 0 Å². The van der Waals surface area contributed by atoms with Gasteiger partial charge in [-0.25, -0.2) is 0 Å². The van der Waals surface area contributed by atoms with Crippen LogP contribution >= 0.6 is 0 Å². The summed E-state index contributed by atoms with van der Waals surface area (Å²) in [6, 6.07) is 0. The molecule has 0 unspecified atom stereocenters. The molecule has 0 aromatic rings. The molecule has 0 spiro atoms. The van der Waals surface area contributed by atoms with E-state index in [9.17, 15) is 35.7 Å². The second kappa shape index (κ2) is 8.46. The molecule has 0 aromatic carbocycles. The lowest BCUT2D eigenvalue weighted by Crippen LogP contribution is -2.78. The Balaban J connectivity index is 1.41. The van der Waals surface area contributed by atoms with Crippen LogP contribution in [0.25, 0.3) is 0 Å². The van der Waals surface area contributed by atoms with Gasteiger partial charge in [0, 0.05) is 12.3 Å². The maximum absolute atomic E-state index is 12.3. The summed E-state index contributed by atoms with van der Waals surface area (Å²) >= 11 is 0. The van der Waals surface area contributed by atoms with Gasteiger partial charge in [0.15, 0.2) is 0 Å². The molecular formula is C28H46O8. The van der Waals surface area contributed by atoms with Gasteiger partial charge in [0.1, 0.15) is 16.8 Å². The molecule has 0 saturated heterocycles. The minimum atomic E-state index is -1.75. The molecule has 36 heavy (non-hydrogen) atoms. The van der Waals surface area contributed by atoms with E-state index in [2.05, 4.69) is 6.92 Å². The van der Waals surface area contributed by atoms with E-state index in [1.54, 1.807) is 6.92 Å². The Hall–Kier alpha value is -0.580. The first-order valence-electron chi connectivity index (χ1n) is 13.9. The summed E-state index contributed by atoms with van der Waals surface area (Å²) in [5, 5.41) is 78.0. The van der Waals surface area contributed by atoms with Gasteiger partial charge in [0.25, 0.3) is 0 Å². The van der Waals surface area contributed by atoms with Crippen molar-refractivity contribution in [3.8, 4) is 0 Å². The van der Waals surface area contributed by atoms with Crippen molar-refractivity contribution < 1.29 is 40.5 Å². The fourth-order valence-electron chi connectivity index (χ4n) is 9.30. The molecule has 8 nitrogen and oxygen atoms in total. The predicted molar refractivity (Wildman–Crippen MR) is 132 cm³/mol. The number of fused-ring (bicyclic) bond motifs is 5. The van der Waals surface area contributed by atoms with Crippen LogP contribution in [0.2, 0.25) is 0 Å². The molecule has 5 aliphatic rings. The van der Waals surface area contributed by atoms with Gasteiger partial charge < -0.3 is 40.5 Å². The lowest BCUT2D eigenvalue weighted by atomic mass is 9.42. The highest BCUT2D eigenvalue weighted by atomic mass is 16.5. The maximum atomic E-state index is 12.3. The number of hydrogen-bond donors (Lipinski definition) is 7. The van der Waals surface area contributed by atoms with Crippen molar-refractivity contribution in [3.05, 3.63) is 11.6 Å². The van der Waals surface area contributed by atoms with Crippen molar-refractivity contribution >= 4 is 0 Å². The highest BCUT2D eigenvalue weighted by molar-refractivity contribution is 5.36. The molecule has 0 heterocycles. The Bertz CT molecular complexity index is 896. The van der Waals surface area contributed by atoms with E-state index in [0.717, 1.165) is 12.8 Å². The van der Waals surface area contributed by atoms with Crippen LogP contribution < -0.4 is 0 Å². The van der Waals surface area contributed by atoms with Gasteiger partial charge in [0.2, 0.25) is 0 Å². The SMILES string of the molecule is C[C@H](O)[C@]1(O)CC[C@@]2(O)[C@]1(C)[C@H](O)C[C@@H]1[C@@]3(C)CC[C@H](O[C@@H]4C[C@H](C)[C@@H](O)[C@@H](O)C4)CC3=CC[C@]12O. The first kappa shape index (κ1) is 27.0. The predicted octanol–water partition coefficient (Wildman–Crippen LogP) is 1.17. The molecular weight excluding hydrogens is 464 g/mol. The van der Waals surface area contributed by atoms with Gasteiger partial charge in [-0.05, 0) is 69.6 Å². The lowest BCUT2D eigenvalue weighted by Gasteiger charge is -2.67. The van der Waals surface area contributed by atoms with Gasteiger partial charge in [-0.1, -0.05) is 32.4 Å². The highest BCUT2D eigenvalue weighted by Gasteiger charge is 2.80. The second-order valence-electron chi connectivity index (χ2n) is 13.4. The van der Waals surface area contributed by atoms with Crippen LogP contribution in [0.4, 0.5) is 0 Å². The van der Waals surface area contributed by atoms with Gasteiger partial charge in [-0.15, -0.1) is 0 Å². The zero-order valence-corrected chi connectivity index (χ0v) is 22.1. The quantitative estimate of drug-likeness (QED) is 0.280. The van der Waals surface area contributed by atoms with Crippen molar-refractivity contribution in [2.45, 2.75) is 139 Å². The van der Waals surface area contributed by atoms with E-state index in [1.165, 1.54) is 12.5 Å². The average Bonchev–Trinajstić information content (AvgIpc) is 3.04. The maximum Gasteiger partial charge on any atom is 0.105 e. The zero-order chi connectivity index (χ0) is 26.5. The topological polar surface area (TPSA) is 151 Å². The van der Waals surface area contributed by atoms with Crippen molar-refractivity contribution in [2.75, 3.05) is 0 Å². The fourth-order valence-corrected chi connectivity index (χ4v) is 9.30. The van der Waals surface area contributed by atoms with E-state index < -0.39 is 58.0 Å². The standard InChI is InChI=1S/C28H46O8/c1-15-11-19(13-20(30)23(15)32)36-18-6-7-24(3)17(12-18)5-8-27(34)21(24)14-22(31)25(4)26(33,16(2)29)9-10-28(25,27)35/h5,15-16,18-23,29-35H,6-14H2,1-4H3/t15-,16-,18-,19+,20-,21+,22+,23+,24-,25+,26+,27-,28+/m0/s1. The Kier molecular flexibility index (Phi) is 6.34. The normalized spacial score (nSPS) is 57.9. The fraction of sp³-hybridized carbons (Fsp3) is 0.929. The summed E-state index contributed by atoms with van der Waals surface area (Å²) in [4.78, 5) is 0. The molecule has 5 aliphatic carbocycles. The zero-order valence-electron chi connectivity index (χ0n) is 22.1. The van der Waals surface area contributed by atoms with Gasteiger partial charge >= 0.3 is 0 Å². The van der Waals surface area contributed by atoms with E-state index >= 15 is 0 Å². The first-order valence-corrected chi connectivity index (χ1v) is 13.9. The number of aliphatic hydroxyl groups is 7. The molecule has 4 saturated carbocycles. The third-order valence-electron chi connectivity index (χ3n) is 11.8. The minimum absolute atomic E-state index is 0.0242. The number of ether oxygens (including phenoxy) is 1. The van der Waals surface area contributed by atoms with Crippen LogP contribution in [-0.2, 0) is 4.74 Å². The second-order valence-corrected chi connectivity index (χ2v) is 13.4. The molecule has 0 aliphatic heterocycles. The Labute approximate surface area is 214 Å². The molecule has 8 heteroatoms. The Morgan fingerprint density at radius 3 is 2.31 bits per heavy atom. The molecule has 0 bridgehead atoms. The van der Waals surface area contributed by atoms with Crippen molar-refractivity contribution in [3.63, 3.8) is 0 Å². The molecule has 0 radical (unpaired) electrons. The number of aliphatic hydroxyl groups excluding tert-OH is 4. The summed E-state index contributed by atoms with van der Waals surface area (Å²) in [7, 11) is 0. The largest absolute Gasteiger partial charge is 0.392 e. The molecule has 13 atom stereocenters. The summed E-state index contributed by atoms with van der Waals surface area (Å²) in [6.45, 7) is 7.14. The van der Waals surface area contributed by atoms with Crippen LogP contribution in [0.5, 0.6) is 0 Å². The van der Waals surface area contributed by atoms with Crippen LogP contribution in [0, 0.1) is 22.7 Å². The van der Waals surface area contributed by atoms with E-state index in [4.69, 9.17) is 4.74 Å². The van der Waals surface area contributed by atoms with Crippen LogP contribution in [0.1, 0.15) is 85.5 Å². The summed E-state index contributed by atoms with van der Waals surface area (Å²) in [6.07, 6.45) is 2.12. The molecule has 5 rings (SSSR count). The lowest BCUT2D eigenvalue weighted by molar-refractivity contribution is -0.325. The van der Waals surface area contributed by atoms with Crippen LogP contribution in [0.3, 0.4) is 0 Å². The average molecular weight is 511 g/mol. The van der Waals surface area contributed by atoms with E-state index in [-0.39, 0.29) is 43.8 Å². The van der Waals surface area contributed by atoms with Gasteiger partial charge in [-0.2, -0.15) is 0 Å². The van der Waals surface area contributed by atoms with Crippen molar-refractivity contribution in [2.24, 2.45) is 22.7 Å².